The van der Waals surface area contributed by atoms with Crippen LogP contribution < -0.4 is 15.5 Å². The molecule has 0 fully saturated rings. The SMILES string of the molecule is C=C/C=C(\C=C/C)c1ccc(N(C2=CCC(c3ccccc3)C=C2)c2cc(-c3cccc4c3-c3ccccc3C4(c3ccccc3)c3ccc(-c4ccccc4)cc3)cc(-n3/c(=C/C=C)c(=C)c4ccccc43)c2)cc1. The highest BCUT2D eigenvalue weighted by molar-refractivity contribution is 5.97. The van der Waals surface area contributed by atoms with Crippen LogP contribution in [0, 0.1) is 0 Å². The molecule has 0 N–H and O–H groups in total. The zero-order valence-electron chi connectivity index (χ0n) is 42.9. The molecule has 2 heteroatoms. The molecule has 2 unspecified atom stereocenters. The monoisotopic (exact) mass is 974 g/mol. The first kappa shape index (κ1) is 47.5. The van der Waals surface area contributed by atoms with E-state index in [1.54, 1.807) is 0 Å². The number of aromatic nitrogens is 1. The lowest BCUT2D eigenvalue weighted by atomic mass is 9.67. The summed E-state index contributed by atoms with van der Waals surface area (Å²) in [6.45, 7) is 15.0. The van der Waals surface area contributed by atoms with E-state index in [2.05, 4.69) is 303 Å². The van der Waals surface area contributed by atoms with E-state index in [0.717, 1.165) is 72.9 Å². The largest absolute Gasteiger partial charge is 0.311 e. The fourth-order valence-corrected chi connectivity index (χ4v) is 12.0. The van der Waals surface area contributed by atoms with Crippen molar-refractivity contribution in [2.24, 2.45) is 0 Å². The van der Waals surface area contributed by atoms with E-state index < -0.39 is 5.41 Å². The predicted octanol–water partition coefficient (Wildman–Crippen LogP) is 17.6. The summed E-state index contributed by atoms with van der Waals surface area (Å²) in [6.07, 6.45) is 20.1. The smallest absolute Gasteiger partial charge is 0.0713 e. The first-order valence-corrected chi connectivity index (χ1v) is 26.3. The van der Waals surface area contributed by atoms with Crippen LogP contribution >= 0.6 is 0 Å². The van der Waals surface area contributed by atoms with Crippen molar-refractivity contribution in [1.29, 1.82) is 0 Å². The number of para-hydroxylation sites is 1. The molecule has 0 amide bonds. The van der Waals surface area contributed by atoms with Gasteiger partial charge >= 0.3 is 0 Å². The van der Waals surface area contributed by atoms with Gasteiger partial charge in [-0.3, -0.25) is 0 Å². The molecule has 0 aliphatic heterocycles. The van der Waals surface area contributed by atoms with E-state index in [-0.39, 0.29) is 5.92 Å². The van der Waals surface area contributed by atoms with Crippen LogP contribution in [-0.2, 0) is 5.41 Å². The molecule has 0 saturated carbocycles. The van der Waals surface area contributed by atoms with Crippen LogP contribution in [0.25, 0.3) is 68.2 Å². The third-order valence-corrected chi connectivity index (χ3v) is 15.4. The Kier molecular flexibility index (Phi) is 12.8. The molecule has 2 nitrogen and oxygen atoms in total. The number of nitrogens with zero attached hydrogens (tertiary/aromatic N) is 2. The number of anilines is 2. The molecule has 1 aromatic heterocycles. The lowest BCUT2D eigenvalue weighted by molar-refractivity contribution is 0.769. The van der Waals surface area contributed by atoms with Crippen LogP contribution in [0.2, 0.25) is 0 Å². The Labute approximate surface area is 447 Å². The number of benzene rings is 9. The second kappa shape index (κ2) is 20.4. The minimum Gasteiger partial charge on any atom is -0.311 e. The lowest BCUT2D eigenvalue weighted by Gasteiger charge is -2.34. The second-order valence-corrected chi connectivity index (χ2v) is 19.7. The Morgan fingerprint density at radius 3 is 1.97 bits per heavy atom. The third-order valence-electron chi connectivity index (χ3n) is 15.4. The standard InChI is InChI=1S/C74H58N2/c1-5-22-53(23-6-2)57-39-45-62(46-40-57)75(63-47-41-58(42-48-63)55-27-13-9-14-28-55)64-49-59(50-65(51-64)76-71(24-7-3)52(4)66-31-18-20-36-72(66)76)67-33-21-35-70-73(67)68-32-17-19-34-69(68)74(70,60-29-15-10-16-30-60)61-43-37-56(38-44-61)54-25-11-8-12-26-54/h5-41,43-51,58H,1,3-4,42H2,2H3/b23-6-,53-22+,71-24+. The molecule has 76 heavy (non-hydrogen) atoms. The van der Waals surface area contributed by atoms with Gasteiger partial charge in [0, 0.05) is 39.3 Å². The van der Waals surface area contributed by atoms with Gasteiger partial charge in [-0.2, -0.15) is 0 Å². The van der Waals surface area contributed by atoms with Crippen molar-refractivity contribution < 1.29 is 0 Å². The fraction of sp³-hybridized carbons (Fsp3) is 0.0541. The maximum absolute atomic E-state index is 4.68. The zero-order valence-corrected chi connectivity index (χ0v) is 42.9. The summed E-state index contributed by atoms with van der Waals surface area (Å²) in [5.74, 6) is 0.272. The molecule has 0 bridgehead atoms. The van der Waals surface area contributed by atoms with Crippen molar-refractivity contribution in [3.05, 3.63) is 336 Å². The zero-order chi connectivity index (χ0) is 51.6. The van der Waals surface area contributed by atoms with Crippen LogP contribution in [0.4, 0.5) is 11.4 Å². The first-order chi connectivity index (χ1) is 37.5. The van der Waals surface area contributed by atoms with Crippen LogP contribution in [0.5, 0.6) is 0 Å². The van der Waals surface area contributed by atoms with Gasteiger partial charge in [0.05, 0.1) is 16.3 Å². The summed E-state index contributed by atoms with van der Waals surface area (Å²) in [7, 11) is 0. The second-order valence-electron chi connectivity index (χ2n) is 19.7. The fourth-order valence-electron chi connectivity index (χ4n) is 12.0. The summed E-state index contributed by atoms with van der Waals surface area (Å²) in [6, 6.07) is 82.6. The highest BCUT2D eigenvalue weighted by Crippen LogP contribution is 2.58. The Balaban J connectivity index is 1.13. The number of hydrogen-bond donors (Lipinski definition) is 0. The van der Waals surface area contributed by atoms with Crippen molar-refractivity contribution in [3.63, 3.8) is 0 Å². The van der Waals surface area contributed by atoms with Crippen LogP contribution in [0.3, 0.4) is 0 Å². The highest BCUT2D eigenvalue weighted by Gasteiger charge is 2.47. The van der Waals surface area contributed by atoms with Gasteiger partial charge in [0.1, 0.15) is 0 Å². The summed E-state index contributed by atoms with van der Waals surface area (Å²) in [5.41, 5.74) is 20.3. The Morgan fingerprint density at radius 2 is 1.25 bits per heavy atom. The summed E-state index contributed by atoms with van der Waals surface area (Å²) in [4.78, 5) is 2.44. The average Bonchev–Trinajstić information content (AvgIpc) is 4.17. The molecule has 0 saturated heterocycles. The number of rotatable bonds is 13. The van der Waals surface area contributed by atoms with Gasteiger partial charge < -0.3 is 9.47 Å². The van der Waals surface area contributed by atoms with Gasteiger partial charge in [-0.25, -0.2) is 0 Å². The topological polar surface area (TPSA) is 8.17 Å². The molecule has 10 aromatic rings. The summed E-state index contributed by atoms with van der Waals surface area (Å²) in [5, 5.41) is 3.06. The molecular weight excluding hydrogens is 917 g/mol. The van der Waals surface area contributed by atoms with E-state index in [1.165, 1.54) is 50.1 Å². The van der Waals surface area contributed by atoms with Gasteiger partial charge in [-0.1, -0.05) is 250 Å². The maximum atomic E-state index is 4.68. The van der Waals surface area contributed by atoms with Gasteiger partial charge in [0.25, 0.3) is 0 Å². The Hall–Kier alpha value is -9.50. The number of allylic oxidation sites excluding steroid dienone is 9. The van der Waals surface area contributed by atoms with Crippen molar-refractivity contribution in [2.45, 2.75) is 24.7 Å². The quantitative estimate of drug-likeness (QED) is 0.105. The minimum atomic E-state index is -0.600. The van der Waals surface area contributed by atoms with Gasteiger partial charge in [-0.05, 0) is 134 Å². The molecule has 12 rings (SSSR count). The molecule has 0 spiro atoms. The van der Waals surface area contributed by atoms with Crippen molar-refractivity contribution in [1.82, 2.24) is 4.57 Å². The van der Waals surface area contributed by atoms with Crippen LogP contribution in [0.1, 0.15) is 52.6 Å². The predicted molar refractivity (Wildman–Crippen MR) is 323 cm³/mol. The summed E-state index contributed by atoms with van der Waals surface area (Å²) < 4.78 is 2.37. The van der Waals surface area contributed by atoms with E-state index in [9.17, 15) is 0 Å². The molecule has 2 atom stereocenters. The van der Waals surface area contributed by atoms with Gasteiger partial charge in [0.2, 0.25) is 0 Å². The lowest BCUT2D eigenvalue weighted by Crippen LogP contribution is -2.28. The van der Waals surface area contributed by atoms with E-state index in [1.807, 2.05) is 12.2 Å². The van der Waals surface area contributed by atoms with E-state index >= 15 is 0 Å². The molecule has 2 aliphatic carbocycles. The van der Waals surface area contributed by atoms with Crippen LogP contribution in [-0.4, -0.2) is 4.57 Å². The summed E-state index contributed by atoms with van der Waals surface area (Å²) >= 11 is 0. The van der Waals surface area contributed by atoms with E-state index in [4.69, 9.17) is 0 Å². The Bertz CT molecular complexity index is 4060. The highest BCUT2D eigenvalue weighted by atomic mass is 15.1. The maximum Gasteiger partial charge on any atom is 0.0713 e. The van der Waals surface area contributed by atoms with Crippen molar-refractivity contribution in [3.8, 4) is 39.1 Å². The molecule has 364 valence electrons. The molecule has 2 aliphatic rings. The molecule has 0 radical (unpaired) electrons. The first-order valence-electron chi connectivity index (χ1n) is 26.3. The van der Waals surface area contributed by atoms with Crippen LogP contribution in [0.15, 0.2) is 292 Å². The number of hydrogen-bond acceptors (Lipinski definition) is 1. The average molecular weight is 975 g/mol. The van der Waals surface area contributed by atoms with E-state index in [0.29, 0.717) is 0 Å². The Morgan fingerprint density at radius 1 is 0.592 bits per heavy atom. The molecule has 1 heterocycles. The molecular formula is C74H58N2. The third kappa shape index (κ3) is 8.25. The molecule has 9 aromatic carbocycles. The normalized spacial score (nSPS) is 16.1. The number of fused-ring (bicyclic) bond motifs is 4. The van der Waals surface area contributed by atoms with Gasteiger partial charge in [0.15, 0.2) is 0 Å². The van der Waals surface area contributed by atoms with Crippen molar-refractivity contribution >= 4 is 40.5 Å². The van der Waals surface area contributed by atoms with Crippen molar-refractivity contribution in [2.75, 3.05) is 4.90 Å². The van der Waals surface area contributed by atoms with Gasteiger partial charge in [-0.15, -0.1) is 0 Å². The minimum absolute atomic E-state index is 0.272.